The normalized spacial score (nSPS) is 19.2. The van der Waals surface area contributed by atoms with E-state index in [1.54, 1.807) is 45.0 Å². The van der Waals surface area contributed by atoms with Crippen LogP contribution in [0.25, 0.3) is 0 Å². The molecule has 2 atom stereocenters. The predicted octanol–water partition coefficient (Wildman–Crippen LogP) is 3.83. The van der Waals surface area contributed by atoms with E-state index in [4.69, 9.17) is 9.47 Å². The molecule has 1 heterocycles. The van der Waals surface area contributed by atoms with E-state index in [1.807, 2.05) is 13.8 Å². The molecule has 6 nitrogen and oxygen atoms in total. The number of esters is 1. The summed E-state index contributed by atoms with van der Waals surface area (Å²) >= 11 is 0. The second-order valence-corrected chi connectivity index (χ2v) is 10.1. The van der Waals surface area contributed by atoms with Crippen LogP contribution in [0.3, 0.4) is 0 Å². The van der Waals surface area contributed by atoms with E-state index in [2.05, 4.69) is 6.58 Å². The minimum atomic E-state index is -3.91. The lowest BCUT2D eigenvalue weighted by Gasteiger charge is -2.27. The maximum Gasteiger partial charge on any atom is 0.324 e. The van der Waals surface area contributed by atoms with Crippen LogP contribution in [0.2, 0.25) is 0 Å². The molecule has 0 unspecified atom stereocenters. The Labute approximate surface area is 168 Å². The molecule has 1 aromatic rings. The molecule has 156 valence electrons. The first kappa shape index (κ1) is 22.4. The lowest BCUT2D eigenvalue weighted by Crippen LogP contribution is -2.43. The van der Waals surface area contributed by atoms with Gasteiger partial charge in [0.05, 0.1) is 6.10 Å². The Morgan fingerprint density at radius 2 is 2.07 bits per heavy atom. The summed E-state index contributed by atoms with van der Waals surface area (Å²) in [5.74, 6) is -0.215. The smallest absolute Gasteiger partial charge is 0.324 e. The van der Waals surface area contributed by atoms with Crippen molar-refractivity contribution >= 4 is 16.0 Å². The molecule has 1 aliphatic rings. The number of nitrogens with zero attached hydrogens (tertiary/aromatic N) is 1. The zero-order valence-electron chi connectivity index (χ0n) is 17.4. The molecule has 28 heavy (non-hydrogen) atoms. The summed E-state index contributed by atoms with van der Waals surface area (Å²) in [6.07, 6.45) is 3.17. The van der Waals surface area contributed by atoms with Gasteiger partial charge in [0.2, 0.25) is 10.0 Å². The van der Waals surface area contributed by atoms with Crippen molar-refractivity contribution < 1.29 is 22.7 Å². The molecule has 0 radical (unpaired) electrons. The third-order valence-corrected chi connectivity index (χ3v) is 6.34. The average molecular weight is 410 g/mol. The fourth-order valence-corrected chi connectivity index (χ4v) is 4.93. The number of hydrogen-bond donors (Lipinski definition) is 0. The van der Waals surface area contributed by atoms with Crippen molar-refractivity contribution in [3.05, 3.63) is 36.4 Å². The summed E-state index contributed by atoms with van der Waals surface area (Å²) in [6, 6.07) is 4.18. The molecule has 2 rings (SSSR count). The summed E-state index contributed by atoms with van der Waals surface area (Å²) in [7, 11) is -3.91. The van der Waals surface area contributed by atoms with Crippen LogP contribution in [0.1, 0.15) is 52.5 Å². The summed E-state index contributed by atoms with van der Waals surface area (Å²) in [5, 5.41) is 0. The first-order valence-corrected chi connectivity index (χ1v) is 11.0. The Bertz CT molecular complexity index is 826. The molecular formula is C21H31NO5S. The number of benzene rings is 1. The van der Waals surface area contributed by atoms with Gasteiger partial charge in [0, 0.05) is 13.0 Å². The van der Waals surface area contributed by atoms with E-state index < -0.39 is 27.6 Å². The van der Waals surface area contributed by atoms with Gasteiger partial charge in [0.25, 0.3) is 0 Å². The molecule has 7 heteroatoms. The Kier molecular flexibility index (Phi) is 6.93. The molecule has 0 bridgehead atoms. The third-order valence-electron chi connectivity index (χ3n) is 4.40. The maximum atomic E-state index is 13.4. The topological polar surface area (TPSA) is 72.9 Å². The fourth-order valence-electron chi connectivity index (χ4n) is 3.18. The SMILES string of the molecule is C=CC[C@H](C)Oc1cc(C)ccc1S(=O)(=O)N1CCC[C@H]1C(=O)OC(C)(C)C. The Balaban J connectivity index is 2.37. The second-order valence-electron chi connectivity index (χ2n) is 8.21. The molecule has 0 amide bonds. The summed E-state index contributed by atoms with van der Waals surface area (Å²) in [4.78, 5) is 12.7. The second kappa shape index (κ2) is 8.66. The van der Waals surface area contributed by atoms with Gasteiger partial charge in [-0.1, -0.05) is 12.1 Å². The Morgan fingerprint density at radius 1 is 1.39 bits per heavy atom. The van der Waals surface area contributed by atoms with Crippen molar-refractivity contribution in [2.24, 2.45) is 0 Å². The number of ether oxygens (including phenoxy) is 2. The number of carbonyl (C=O) groups excluding carboxylic acids is 1. The van der Waals surface area contributed by atoms with Crippen molar-refractivity contribution in [3.8, 4) is 5.75 Å². The predicted molar refractivity (Wildman–Crippen MR) is 109 cm³/mol. The van der Waals surface area contributed by atoms with Gasteiger partial charge in [-0.2, -0.15) is 4.31 Å². The van der Waals surface area contributed by atoms with Gasteiger partial charge >= 0.3 is 5.97 Å². The van der Waals surface area contributed by atoms with Crippen LogP contribution in [0.4, 0.5) is 0 Å². The van der Waals surface area contributed by atoms with Gasteiger partial charge < -0.3 is 9.47 Å². The zero-order chi connectivity index (χ0) is 21.1. The largest absolute Gasteiger partial charge is 0.489 e. The van der Waals surface area contributed by atoms with Crippen molar-refractivity contribution in [2.45, 2.75) is 76.5 Å². The molecule has 1 saturated heterocycles. The molecule has 0 aliphatic carbocycles. The van der Waals surface area contributed by atoms with Crippen LogP contribution < -0.4 is 4.74 Å². The highest BCUT2D eigenvalue weighted by atomic mass is 32.2. The van der Waals surface area contributed by atoms with E-state index >= 15 is 0 Å². The number of sulfonamides is 1. The van der Waals surface area contributed by atoms with Gasteiger partial charge in [0.1, 0.15) is 22.3 Å². The molecule has 1 aromatic carbocycles. The van der Waals surface area contributed by atoms with Crippen molar-refractivity contribution in [1.29, 1.82) is 0 Å². The van der Waals surface area contributed by atoms with Crippen LogP contribution >= 0.6 is 0 Å². The number of rotatable bonds is 7. The summed E-state index contributed by atoms with van der Waals surface area (Å²) in [5.41, 5.74) is 0.220. The molecule has 0 spiro atoms. The first-order chi connectivity index (χ1) is 13.0. The van der Waals surface area contributed by atoms with Crippen LogP contribution in [0.15, 0.2) is 35.7 Å². The minimum absolute atomic E-state index is 0.0736. The van der Waals surface area contributed by atoms with Gasteiger partial charge in [-0.3, -0.25) is 4.79 Å². The van der Waals surface area contributed by atoms with E-state index in [-0.39, 0.29) is 17.5 Å². The van der Waals surface area contributed by atoms with Crippen LogP contribution in [0.5, 0.6) is 5.75 Å². The highest BCUT2D eigenvalue weighted by Crippen LogP contribution is 2.34. The van der Waals surface area contributed by atoms with Gasteiger partial charge in [-0.15, -0.1) is 6.58 Å². The van der Waals surface area contributed by atoms with E-state index in [9.17, 15) is 13.2 Å². The molecule has 0 aromatic heterocycles. The molecule has 1 fully saturated rings. The van der Waals surface area contributed by atoms with Crippen molar-refractivity contribution in [1.82, 2.24) is 4.31 Å². The number of carbonyl (C=O) groups is 1. The number of hydrogen-bond acceptors (Lipinski definition) is 5. The summed E-state index contributed by atoms with van der Waals surface area (Å²) in [6.45, 7) is 13.0. The monoisotopic (exact) mass is 409 g/mol. The van der Waals surface area contributed by atoms with E-state index in [1.165, 1.54) is 4.31 Å². The molecule has 1 aliphatic heterocycles. The minimum Gasteiger partial charge on any atom is -0.489 e. The van der Waals surface area contributed by atoms with Crippen molar-refractivity contribution in [3.63, 3.8) is 0 Å². The van der Waals surface area contributed by atoms with Crippen LogP contribution in [-0.4, -0.2) is 43.0 Å². The highest BCUT2D eigenvalue weighted by Gasteiger charge is 2.42. The number of aryl methyl sites for hydroxylation is 1. The van der Waals surface area contributed by atoms with Gasteiger partial charge in [-0.25, -0.2) is 8.42 Å². The van der Waals surface area contributed by atoms with Gasteiger partial charge in [-0.05, 0) is 65.2 Å². The van der Waals surface area contributed by atoms with E-state index in [0.717, 1.165) is 5.56 Å². The highest BCUT2D eigenvalue weighted by molar-refractivity contribution is 7.89. The average Bonchev–Trinajstić information content (AvgIpc) is 3.04. The summed E-state index contributed by atoms with van der Waals surface area (Å²) < 4.78 is 39.4. The third kappa shape index (κ3) is 5.35. The van der Waals surface area contributed by atoms with Crippen molar-refractivity contribution in [2.75, 3.05) is 6.54 Å². The lowest BCUT2D eigenvalue weighted by molar-refractivity contribution is -0.158. The maximum absolute atomic E-state index is 13.4. The quantitative estimate of drug-likeness (QED) is 0.505. The first-order valence-electron chi connectivity index (χ1n) is 9.58. The standard InChI is InChI=1S/C21H31NO5S/c1-7-9-16(3)26-18-14-15(2)11-12-19(18)28(24,25)22-13-8-10-17(22)20(23)27-21(4,5)6/h7,11-12,14,16-17H,1,8-10,13H2,2-6H3/t16-,17-/m0/s1. The van der Waals surface area contributed by atoms with Crippen LogP contribution in [-0.2, 0) is 19.6 Å². The van der Waals surface area contributed by atoms with Crippen LogP contribution in [0, 0.1) is 6.92 Å². The Morgan fingerprint density at radius 3 is 2.68 bits per heavy atom. The Hall–Kier alpha value is -1.86. The molecule has 0 N–H and O–H groups in total. The van der Waals surface area contributed by atoms with Gasteiger partial charge in [0.15, 0.2) is 0 Å². The molecular weight excluding hydrogens is 378 g/mol. The lowest BCUT2D eigenvalue weighted by atomic mass is 10.2. The fraction of sp³-hybridized carbons (Fsp3) is 0.571. The molecule has 0 saturated carbocycles. The van der Waals surface area contributed by atoms with E-state index in [0.29, 0.717) is 25.0 Å². The zero-order valence-corrected chi connectivity index (χ0v) is 18.2.